The van der Waals surface area contributed by atoms with Gasteiger partial charge in [0.15, 0.2) is 0 Å². The predicted octanol–water partition coefficient (Wildman–Crippen LogP) is 5.10. The Morgan fingerprint density at radius 1 is 1.05 bits per heavy atom. The Kier molecular flexibility index (Phi) is 9.40. The first-order chi connectivity index (χ1) is 10.2. The molecular formula is C18H32O3. The van der Waals surface area contributed by atoms with E-state index in [-0.39, 0.29) is 5.60 Å². The summed E-state index contributed by atoms with van der Waals surface area (Å²) in [6.07, 6.45) is 17.6. The minimum atomic E-state index is -0.674. The fourth-order valence-corrected chi connectivity index (χ4v) is 2.67. The van der Waals surface area contributed by atoms with Crippen molar-refractivity contribution in [2.75, 3.05) is 6.61 Å². The van der Waals surface area contributed by atoms with Gasteiger partial charge in [-0.3, -0.25) is 4.79 Å². The summed E-state index contributed by atoms with van der Waals surface area (Å²) in [5.41, 5.74) is 0.191. The number of epoxide rings is 1. The molecule has 1 saturated heterocycles. The Bertz CT molecular complexity index is 306. The molecule has 3 nitrogen and oxygen atoms in total. The summed E-state index contributed by atoms with van der Waals surface area (Å²) in [6, 6.07) is 0. The van der Waals surface area contributed by atoms with Crippen LogP contribution in [0, 0.1) is 0 Å². The number of hydrogen-bond donors (Lipinski definition) is 1. The summed E-state index contributed by atoms with van der Waals surface area (Å²) >= 11 is 0. The number of carboxylic acids is 1. The maximum atomic E-state index is 10.4. The van der Waals surface area contributed by atoms with Gasteiger partial charge in [-0.1, -0.05) is 57.6 Å². The van der Waals surface area contributed by atoms with Crippen molar-refractivity contribution in [2.45, 2.75) is 89.6 Å². The molecule has 0 aromatic carbocycles. The van der Waals surface area contributed by atoms with Gasteiger partial charge in [-0.2, -0.15) is 0 Å². The quantitative estimate of drug-likeness (QED) is 0.276. The minimum Gasteiger partial charge on any atom is -0.481 e. The third kappa shape index (κ3) is 9.67. The SMILES string of the molecule is CCCC/C=C/CC[C@]1(CCCCCCCC(=O)O)CO1. The summed E-state index contributed by atoms with van der Waals surface area (Å²) < 4.78 is 5.67. The molecule has 1 heterocycles. The van der Waals surface area contributed by atoms with Gasteiger partial charge < -0.3 is 9.84 Å². The number of carboxylic acid groups (broad SMARTS) is 1. The number of ether oxygens (including phenoxy) is 1. The lowest BCUT2D eigenvalue weighted by molar-refractivity contribution is -0.137. The highest BCUT2D eigenvalue weighted by molar-refractivity contribution is 5.66. The number of unbranched alkanes of at least 4 members (excludes halogenated alkanes) is 6. The van der Waals surface area contributed by atoms with E-state index < -0.39 is 5.97 Å². The Balaban J connectivity index is 1.94. The summed E-state index contributed by atoms with van der Waals surface area (Å²) in [4.78, 5) is 10.4. The average Bonchev–Trinajstić information content (AvgIpc) is 3.22. The molecular weight excluding hydrogens is 264 g/mol. The smallest absolute Gasteiger partial charge is 0.303 e. The van der Waals surface area contributed by atoms with E-state index in [0.29, 0.717) is 6.42 Å². The molecule has 0 unspecified atom stereocenters. The molecule has 3 heteroatoms. The normalized spacial score (nSPS) is 21.0. The van der Waals surface area contributed by atoms with E-state index in [2.05, 4.69) is 19.1 Å². The lowest BCUT2D eigenvalue weighted by atomic mass is 9.96. The van der Waals surface area contributed by atoms with E-state index in [4.69, 9.17) is 9.84 Å². The average molecular weight is 296 g/mol. The highest BCUT2D eigenvalue weighted by Crippen LogP contribution is 2.37. The van der Waals surface area contributed by atoms with E-state index >= 15 is 0 Å². The molecule has 0 radical (unpaired) electrons. The van der Waals surface area contributed by atoms with E-state index in [1.807, 2.05) is 0 Å². The minimum absolute atomic E-state index is 0.191. The fourth-order valence-electron chi connectivity index (χ4n) is 2.67. The number of hydrogen-bond acceptors (Lipinski definition) is 2. The van der Waals surface area contributed by atoms with Gasteiger partial charge in [-0.15, -0.1) is 0 Å². The van der Waals surface area contributed by atoms with Crippen molar-refractivity contribution in [2.24, 2.45) is 0 Å². The van der Waals surface area contributed by atoms with Crippen LogP contribution in [0.3, 0.4) is 0 Å². The number of allylic oxidation sites excluding steroid dienone is 2. The predicted molar refractivity (Wildman–Crippen MR) is 86.5 cm³/mol. The Morgan fingerprint density at radius 2 is 1.71 bits per heavy atom. The Hall–Kier alpha value is -0.830. The topological polar surface area (TPSA) is 49.8 Å². The van der Waals surface area contributed by atoms with Gasteiger partial charge in [0.1, 0.15) is 0 Å². The van der Waals surface area contributed by atoms with Gasteiger partial charge >= 0.3 is 5.97 Å². The van der Waals surface area contributed by atoms with Crippen LogP contribution in [0.2, 0.25) is 0 Å². The molecule has 0 aromatic rings. The molecule has 1 aliphatic rings. The van der Waals surface area contributed by atoms with Crippen molar-refractivity contribution in [1.29, 1.82) is 0 Å². The zero-order valence-corrected chi connectivity index (χ0v) is 13.6. The third-order valence-electron chi connectivity index (χ3n) is 4.23. The monoisotopic (exact) mass is 296 g/mol. The van der Waals surface area contributed by atoms with Crippen molar-refractivity contribution in [3.05, 3.63) is 12.2 Å². The number of carbonyl (C=O) groups is 1. The van der Waals surface area contributed by atoms with E-state index in [1.54, 1.807) is 0 Å². The van der Waals surface area contributed by atoms with Crippen molar-refractivity contribution in [3.63, 3.8) is 0 Å². The van der Waals surface area contributed by atoms with Crippen LogP contribution in [0.15, 0.2) is 12.2 Å². The first kappa shape index (κ1) is 18.2. The van der Waals surface area contributed by atoms with Crippen LogP contribution in [0.5, 0.6) is 0 Å². The maximum absolute atomic E-state index is 10.4. The van der Waals surface area contributed by atoms with Crippen LogP contribution in [-0.4, -0.2) is 23.3 Å². The molecule has 21 heavy (non-hydrogen) atoms. The summed E-state index contributed by atoms with van der Waals surface area (Å²) in [7, 11) is 0. The molecule has 0 aliphatic carbocycles. The zero-order chi connectivity index (χ0) is 15.4. The zero-order valence-electron chi connectivity index (χ0n) is 13.6. The highest BCUT2D eigenvalue weighted by Gasteiger charge is 2.42. The van der Waals surface area contributed by atoms with Gasteiger partial charge in [-0.25, -0.2) is 0 Å². The molecule has 1 fully saturated rings. The lowest BCUT2D eigenvalue weighted by Gasteiger charge is -2.10. The van der Waals surface area contributed by atoms with Gasteiger partial charge in [0.25, 0.3) is 0 Å². The van der Waals surface area contributed by atoms with E-state index in [9.17, 15) is 4.79 Å². The molecule has 0 bridgehead atoms. The van der Waals surface area contributed by atoms with E-state index in [1.165, 1.54) is 38.5 Å². The second kappa shape index (κ2) is 10.8. The number of rotatable bonds is 14. The molecule has 0 spiro atoms. The Morgan fingerprint density at radius 3 is 2.38 bits per heavy atom. The molecule has 1 atom stereocenters. The maximum Gasteiger partial charge on any atom is 0.303 e. The van der Waals surface area contributed by atoms with Crippen molar-refractivity contribution >= 4 is 5.97 Å². The van der Waals surface area contributed by atoms with Gasteiger partial charge in [0.2, 0.25) is 0 Å². The summed E-state index contributed by atoms with van der Waals surface area (Å²) in [6.45, 7) is 3.16. The lowest BCUT2D eigenvalue weighted by Crippen LogP contribution is -2.10. The van der Waals surface area contributed by atoms with Crippen LogP contribution < -0.4 is 0 Å². The largest absolute Gasteiger partial charge is 0.481 e. The molecule has 0 aromatic heterocycles. The van der Waals surface area contributed by atoms with Gasteiger partial charge in [-0.05, 0) is 32.1 Å². The van der Waals surface area contributed by atoms with Crippen molar-refractivity contribution < 1.29 is 14.6 Å². The van der Waals surface area contributed by atoms with E-state index in [0.717, 1.165) is 38.7 Å². The summed E-state index contributed by atoms with van der Waals surface area (Å²) in [5.74, 6) is -0.674. The second-order valence-corrected chi connectivity index (χ2v) is 6.29. The molecule has 1 aliphatic heterocycles. The summed E-state index contributed by atoms with van der Waals surface area (Å²) in [5, 5.41) is 8.56. The molecule has 0 saturated carbocycles. The van der Waals surface area contributed by atoms with Crippen LogP contribution in [-0.2, 0) is 9.53 Å². The first-order valence-corrected chi connectivity index (χ1v) is 8.69. The third-order valence-corrected chi connectivity index (χ3v) is 4.23. The van der Waals surface area contributed by atoms with Crippen molar-refractivity contribution in [3.8, 4) is 0 Å². The number of aliphatic carboxylic acids is 1. The van der Waals surface area contributed by atoms with Crippen molar-refractivity contribution in [1.82, 2.24) is 0 Å². The van der Waals surface area contributed by atoms with Crippen LogP contribution in [0.25, 0.3) is 0 Å². The van der Waals surface area contributed by atoms with Crippen LogP contribution in [0.1, 0.15) is 84.0 Å². The Labute approximate surface area is 129 Å². The van der Waals surface area contributed by atoms with Gasteiger partial charge in [0, 0.05) is 6.42 Å². The molecule has 1 rings (SSSR count). The van der Waals surface area contributed by atoms with Crippen LogP contribution >= 0.6 is 0 Å². The standard InChI is InChI=1S/C18H32O3/c1-2-3-4-5-8-11-14-18(16-21-18)15-12-9-6-7-10-13-17(19)20/h5,8H,2-4,6-7,9-16H2,1H3,(H,19,20)/b8-5+/t18-/m0/s1. The molecule has 122 valence electrons. The second-order valence-electron chi connectivity index (χ2n) is 6.29. The van der Waals surface area contributed by atoms with Crippen LogP contribution in [0.4, 0.5) is 0 Å². The first-order valence-electron chi connectivity index (χ1n) is 8.69. The molecule has 1 N–H and O–H groups in total. The van der Waals surface area contributed by atoms with Gasteiger partial charge in [0.05, 0.1) is 12.2 Å². The molecule has 0 amide bonds. The fraction of sp³-hybridized carbons (Fsp3) is 0.833. The highest BCUT2D eigenvalue weighted by atomic mass is 16.6.